The van der Waals surface area contributed by atoms with Gasteiger partial charge in [0.25, 0.3) is 0 Å². The summed E-state index contributed by atoms with van der Waals surface area (Å²) in [6.45, 7) is 2.46. The van der Waals surface area contributed by atoms with Crippen LogP contribution >= 0.6 is 11.3 Å². The van der Waals surface area contributed by atoms with Crippen LogP contribution in [0, 0.1) is 5.92 Å². The van der Waals surface area contributed by atoms with Crippen molar-refractivity contribution in [2.75, 3.05) is 20.1 Å². The average molecular weight is 349 g/mol. The minimum Gasteiger partial charge on any atom is -0.352 e. The number of hydrogen-bond acceptors (Lipinski definition) is 3. The second-order valence-electron chi connectivity index (χ2n) is 6.75. The highest BCUT2D eigenvalue weighted by Gasteiger charge is 2.31. The number of carbonyl (C=O) groups excluding carboxylic acids is 1. The van der Waals surface area contributed by atoms with Crippen LogP contribution < -0.4 is 10.6 Å². The van der Waals surface area contributed by atoms with E-state index in [1.165, 1.54) is 24.1 Å². The van der Waals surface area contributed by atoms with Gasteiger partial charge in [-0.3, -0.25) is 9.79 Å². The fourth-order valence-corrected chi connectivity index (χ4v) is 4.30. The standard InChI is InChI=1S/C18H28N4OS/c1-19-18(20-12-16-8-5-11-24-16)21-15-9-10-22(13-15)17(23)14-6-3-2-4-7-14/h5,8,11,14-15H,2-4,6-7,9-10,12-13H2,1H3,(H2,19,20,21). The summed E-state index contributed by atoms with van der Waals surface area (Å²) in [6.07, 6.45) is 6.88. The Bertz CT molecular complexity index is 551. The van der Waals surface area contributed by atoms with Crippen LogP contribution in [0.1, 0.15) is 43.4 Å². The molecule has 24 heavy (non-hydrogen) atoms. The molecule has 0 aromatic carbocycles. The zero-order valence-electron chi connectivity index (χ0n) is 14.5. The van der Waals surface area contributed by atoms with Crippen molar-refractivity contribution < 1.29 is 4.79 Å². The number of aliphatic imine (C=N–C) groups is 1. The number of hydrogen-bond donors (Lipinski definition) is 2. The summed E-state index contributed by atoms with van der Waals surface area (Å²) in [4.78, 5) is 20.3. The maximum Gasteiger partial charge on any atom is 0.225 e. The van der Waals surface area contributed by atoms with Gasteiger partial charge >= 0.3 is 0 Å². The summed E-state index contributed by atoms with van der Waals surface area (Å²) in [5.41, 5.74) is 0. The Morgan fingerprint density at radius 1 is 1.33 bits per heavy atom. The fourth-order valence-electron chi connectivity index (χ4n) is 3.66. The van der Waals surface area contributed by atoms with E-state index in [-0.39, 0.29) is 5.92 Å². The van der Waals surface area contributed by atoms with Gasteiger partial charge in [-0.05, 0) is 30.7 Å². The molecule has 2 aliphatic rings. The van der Waals surface area contributed by atoms with Gasteiger partial charge in [0.05, 0.1) is 6.54 Å². The Hall–Kier alpha value is -1.56. The normalized spacial score (nSPS) is 22.6. The maximum absolute atomic E-state index is 12.6. The molecule has 1 saturated carbocycles. The van der Waals surface area contributed by atoms with Crippen LogP contribution in [0.15, 0.2) is 22.5 Å². The summed E-state index contributed by atoms with van der Waals surface area (Å²) in [5, 5.41) is 8.90. The molecular formula is C18H28N4OS. The van der Waals surface area contributed by atoms with Crippen LogP contribution in [-0.2, 0) is 11.3 Å². The van der Waals surface area contributed by atoms with Gasteiger partial charge in [0, 0.05) is 37.0 Å². The Morgan fingerprint density at radius 3 is 2.88 bits per heavy atom. The first-order valence-electron chi connectivity index (χ1n) is 9.04. The lowest BCUT2D eigenvalue weighted by Crippen LogP contribution is -2.45. The third-order valence-electron chi connectivity index (χ3n) is 5.03. The molecule has 0 radical (unpaired) electrons. The van der Waals surface area contributed by atoms with E-state index < -0.39 is 0 Å². The van der Waals surface area contributed by atoms with Crippen molar-refractivity contribution in [3.63, 3.8) is 0 Å². The molecule has 1 amide bonds. The molecule has 1 aromatic heterocycles. The maximum atomic E-state index is 12.6. The van der Waals surface area contributed by atoms with Crippen molar-refractivity contribution in [2.24, 2.45) is 10.9 Å². The number of nitrogens with zero attached hydrogens (tertiary/aromatic N) is 2. The molecular weight excluding hydrogens is 320 g/mol. The summed E-state index contributed by atoms with van der Waals surface area (Å²) < 4.78 is 0. The van der Waals surface area contributed by atoms with Gasteiger partial charge in [-0.2, -0.15) is 0 Å². The summed E-state index contributed by atoms with van der Waals surface area (Å²) in [6, 6.07) is 4.47. The number of rotatable bonds is 4. The second-order valence-corrected chi connectivity index (χ2v) is 7.79. The van der Waals surface area contributed by atoms with Crippen LogP contribution in [-0.4, -0.2) is 42.9 Å². The molecule has 2 N–H and O–H groups in total. The number of thiophene rings is 1. The van der Waals surface area contributed by atoms with Gasteiger partial charge in [0.2, 0.25) is 5.91 Å². The minimum atomic E-state index is 0.272. The first-order chi connectivity index (χ1) is 11.8. The first-order valence-corrected chi connectivity index (χ1v) is 9.92. The van der Waals surface area contributed by atoms with Gasteiger partial charge in [-0.1, -0.05) is 25.3 Å². The molecule has 3 rings (SSSR count). The van der Waals surface area contributed by atoms with Crippen molar-refractivity contribution >= 4 is 23.2 Å². The molecule has 1 aromatic rings. The van der Waals surface area contributed by atoms with Crippen LogP contribution in [0.3, 0.4) is 0 Å². The zero-order chi connectivity index (χ0) is 16.8. The predicted molar refractivity (Wildman–Crippen MR) is 99.2 cm³/mol. The SMILES string of the molecule is CN=C(NCc1cccs1)NC1CCN(C(=O)C2CCCCC2)C1. The Labute approximate surface area is 148 Å². The minimum absolute atomic E-state index is 0.272. The van der Waals surface area contributed by atoms with Gasteiger partial charge in [0.1, 0.15) is 0 Å². The largest absolute Gasteiger partial charge is 0.352 e. The zero-order valence-corrected chi connectivity index (χ0v) is 15.3. The van der Waals surface area contributed by atoms with Gasteiger partial charge in [-0.25, -0.2) is 0 Å². The molecule has 0 bridgehead atoms. The van der Waals surface area contributed by atoms with Crippen LogP contribution in [0.4, 0.5) is 0 Å². The molecule has 1 aliphatic heterocycles. The lowest BCUT2D eigenvalue weighted by atomic mass is 9.88. The molecule has 0 spiro atoms. The predicted octanol–water partition coefficient (Wildman–Crippen LogP) is 2.59. The van der Waals surface area contributed by atoms with Crippen molar-refractivity contribution in [3.05, 3.63) is 22.4 Å². The molecule has 2 fully saturated rings. The Kier molecular flexibility index (Phi) is 6.12. The molecule has 132 valence electrons. The molecule has 5 nitrogen and oxygen atoms in total. The van der Waals surface area contributed by atoms with E-state index in [4.69, 9.17) is 0 Å². The van der Waals surface area contributed by atoms with E-state index in [9.17, 15) is 4.79 Å². The first kappa shape index (κ1) is 17.3. The number of amides is 1. The topological polar surface area (TPSA) is 56.7 Å². The van der Waals surface area contributed by atoms with Crippen molar-refractivity contribution in [1.29, 1.82) is 0 Å². The quantitative estimate of drug-likeness (QED) is 0.649. The third-order valence-corrected chi connectivity index (χ3v) is 5.91. The highest BCUT2D eigenvalue weighted by atomic mass is 32.1. The van der Waals surface area contributed by atoms with E-state index in [1.807, 2.05) is 0 Å². The van der Waals surface area contributed by atoms with Gasteiger partial charge in [0.15, 0.2) is 5.96 Å². The van der Waals surface area contributed by atoms with Crippen LogP contribution in [0.25, 0.3) is 0 Å². The van der Waals surface area contributed by atoms with E-state index in [0.29, 0.717) is 11.9 Å². The number of likely N-dealkylation sites (tertiary alicyclic amines) is 1. The Balaban J connectivity index is 1.45. The average Bonchev–Trinajstić information content (AvgIpc) is 3.30. The van der Waals surface area contributed by atoms with E-state index >= 15 is 0 Å². The van der Waals surface area contributed by atoms with Crippen LogP contribution in [0.2, 0.25) is 0 Å². The third kappa shape index (κ3) is 4.50. The highest BCUT2D eigenvalue weighted by Crippen LogP contribution is 2.26. The monoisotopic (exact) mass is 348 g/mol. The molecule has 1 atom stereocenters. The van der Waals surface area contributed by atoms with E-state index in [1.54, 1.807) is 18.4 Å². The molecule has 6 heteroatoms. The number of guanidine groups is 1. The van der Waals surface area contributed by atoms with E-state index in [2.05, 4.69) is 38.0 Å². The molecule has 1 saturated heterocycles. The lowest BCUT2D eigenvalue weighted by Gasteiger charge is -2.26. The van der Waals surface area contributed by atoms with Gasteiger partial charge in [-0.15, -0.1) is 11.3 Å². The lowest BCUT2D eigenvalue weighted by molar-refractivity contribution is -0.135. The summed E-state index contributed by atoms with van der Waals surface area (Å²) >= 11 is 1.74. The van der Waals surface area contributed by atoms with Crippen molar-refractivity contribution in [3.8, 4) is 0 Å². The smallest absolute Gasteiger partial charge is 0.225 e. The number of carbonyl (C=O) groups is 1. The highest BCUT2D eigenvalue weighted by molar-refractivity contribution is 7.09. The Morgan fingerprint density at radius 2 is 2.17 bits per heavy atom. The molecule has 1 aliphatic carbocycles. The second kappa shape index (κ2) is 8.51. The molecule has 2 heterocycles. The van der Waals surface area contributed by atoms with Crippen LogP contribution in [0.5, 0.6) is 0 Å². The van der Waals surface area contributed by atoms with Gasteiger partial charge < -0.3 is 15.5 Å². The van der Waals surface area contributed by atoms with Crippen molar-refractivity contribution in [1.82, 2.24) is 15.5 Å². The number of nitrogens with one attached hydrogen (secondary N) is 2. The molecule has 1 unspecified atom stereocenters. The van der Waals surface area contributed by atoms with Crippen molar-refractivity contribution in [2.45, 2.75) is 51.1 Å². The fraction of sp³-hybridized carbons (Fsp3) is 0.667. The summed E-state index contributed by atoms with van der Waals surface area (Å²) in [5.74, 6) is 1.47. The summed E-state index contributed by atoms with van der Waals surface area (Å²) in [7, 11) is 1.80. The van der Waals surface area contributed by atoms with E-state index in [0.717, 1.165) is 44.9 Å².